The van der Waals surface area contributed by atoms with Crippen LogP contribution in [0, 0.1) is 18.3 Å². The fourth-order valence-electron chi connectivity index (χ4n) is 1.48. The van der Waals surface area contributed by atoms with Crippen molar-refractivity contribution in [1.29, 1.82) is 5.26 Å². The molecule has 5 heteroatoms. The van der Waals surface area contributed by atoms with E-state index < -0.39 is 6.04 Å². The van der Waals surface area contributed by atoms with Crippen molar-refractivity contribution in [2.45, 2.75) is 26.8 Å². The van der Waals surface area contributed by atoms with E-state index >= 15 is 0 Å². The summed E-state index contributed by atoms with van der Waals surface area (Å²) < 4.78 is 1.50. The van der Waals surface area contributed by atoms with Crippen LogP contribution in [-0.2, 0) is 7.05 Å². The zero-order valence-electron chi connectivity index (χ0n) is 10.5. The summed E-state index contributed by atoms with van der Waals surface area (Å²) in [6, 6.07) is 3.10. The maximum atomic E-state index is 11.9. The number of carbonyl (C=O) groups is 1. The van der Waals surface area contributed by atoms with Crippen molar-refractivity contribution in [3.63, 3.8) is 0 Å². The van der Waals surface area contributed by atoms with Gasteiger partial charge in [0.1, 0.15) is 11.7 Å². The molecule has 1 atom stereocenters. The standard InChI is InChI=1S/C12H16N4O/c1-8(2)5-10(7-13)14-12(17)11-6-9(3)15-16(11)4/h5-6,10H,1-4H3,(H,14,17). The van der Waals surface area contributed by atoms with E-state index in [2.05, 4.69) is 10.4 Å². The van der Waals surface area contributed by atoms with Crippen LogP contribution in [0.15, 0.2) is 17.7 Å². The number of aromatic nitrogens is 2. The molecular weight excluding hydrogens is 216 g/mol. The lowest BCUT2D eigenvalue weighted by molar-refractivity contribution is 0.0941. The first-order valence-electron chi connectivity index (χ1n) is 5.30. The van der Waals surface area contributed by atoms with Crippen LogP contribution >= 0.6 is 0 Å². The number of amides is 1. The van der Waals surface area contributed by atoms with Gasteiger partial charge in [-0.1, -0.05) is 5.57 Å². The molecule has 0 spiro atoms. The van der Waals surface area contributed by atoms with Crippen molar-refractivity contribution in [2.24, 2.45) is 7.05 Å². The highest BCUT2D eigenvalue weighted by Gasteiger charge is 2.14. The summed E-state index contributed by atoms with van der Waals surface area (Å²) >= 11 is 0. The Bertz CT molecular complexity index is 489. The summed E-state index contributed by atoms with van der Waals surface area (Å²) in [6.45, 7) is 5.57. The van der Waals surface area contributed by atoms with E-state index in [1.165, 1.54) is 4.68 Å². The van der Waals surface area contributed by atoms with Crippen LogP contribution in [0.25, 0.3) is 0 Å². The van der Waals surface area contributed by atoms with Gasteiger partial charge in [-0.15, -0.1) is 0 Å². The van der Waals surface area contributed by atoms with E-state index in [0.717, 1.165) is 11.3 Å². The van der Waals surface area contributed by atoms with Crippen LogP contribution in [-0.4, -0.2) is 21.7 Å². The highest BCUT2D eigenvalue weighted by molar-refractivity contribution is 5.93. The number of allylic oxidation sites excluding steroid dienone is 1. The molecule has 0 radical (unpaired) electrons. The molecular formula is C12H16N4O. The Kier molecular flexibility index (Phi) is 4.05. The fourth-order valence-corrected chi connectivity index (χ4v) is 1.48. The van der Waals surface area contributed by atoms with Gasteiger partial charge in [0, 0.05) is 7.05 Å². The van der Waals surface area contributed by atoms with Crippen molar-refractivity contribution >= 4 is 5.91 Å². The van der Waals surface area contributed by atoms with Crippen molar-refractivity contribution < 1.29 is 4.79 Å². The van der Waals surface area contributed by atoms with Gasteiger partial charge >= 0.3 is 0 Å². The number of carbonyl (C=O) groups excluding carboxylic acids is 1. The molecule has 1 rings (SSSR count). The lowest BCUT2D eigenvalue weighted by Crippen LogP contribution is -2.33. The van der Waals surface area contributed by atoms with Gasteiger partial charge in [-0.25, -0.2) is 0 Å². The third kappa shape index (κ3) is 3.45. The minimum Gasteiger partial charge on any atom is -0.332 e. The minimum absolute atomic E-state index is 0.294. The topological polar surface area (TPSA) is 70.7 Å². The number of aryl methyl sites for hydroxylation is 2. The normalized spacial score (nSPS) is 11.5. The van der Waals surface area contributed by atoms with E-state index in [1.54, 1.807) is 19.2 Å². The van der Waals surface area contributed by atoms with E-state index in [-0.39, 0.29) is 5.91 Å². The largest absolute Gasteiger partial charge is 0.332 e. The van der Waals surface area contributed by atoms with Crippen LogP contribution in [0.1, 0.15) is 30.0 Å². The molecule has 0 fully saturated rings. The van der Waals surface area contributed by atoms with Gasteiger partial charge in [0.15, 0.2) is 0 Å². The van der Waals surface area contributed by atoms with Gasteiger partial charge in [-0.3, -0.25) is 9.48 Å². The molecule has 90 valence electrons. The molecule has 0 aromatic carbocycles. The predicted octanol–water partition coefficient (Wildman–Crippen LogP) is 1.32. The third-order valence-electron chi connectivity index (χ3n) is 2.16. The average Bonchev–Trinajstić information content (AvgIpc) is 2.56. The molecule has 1 unspecified atom stereocenters. The molecule has 0 saturated heterocycles. The number of nitrogens with zero attached hydrogens (tertiary/aromatic N) is 3. The smallest absolute Gasteiger partial charge is 0.270 e. The lowest BCUT2D eigenvalue weighted by Gasteiger charge is -2.08. The molecule has 0 aliphatic heterocycles. The third-order valence-corrected chi connectivity index (χ3v) is 2.16. The van der Waals surface area contributed by atoms with Crippen LogP contribution < -0.4 is 5.32 Å². The first-order valence-corrected chi connectivity index (χ1v) is 5.30. The highest BCUT2D eigenvalue weighted by atomic mass is 16.2. The maximum absolute atomic E-state index is 11.9. The van der Waals surface area contributed by atoms with E-state index in [1.807, 2.05) is 26.8 Å². The quantitative estimate of drug-likeness (QED) is 0.799. The second kappa shape index (κ2) is 5.30. The van der Waals surface area contributed by atoms with Gasteiger partial charge in [-0.05, 0) is 32.9 Å². The summed E-state index contributed by atoms with van der Waals surface area (Å²) in [5.41, 5.74) is 2.20. The molecule has 0 aliphatic rings. The van der Waals surface area contributed by atoms with Gasteiger partial charge in [0.2, 0.25) is 0 Å². The number of nitrogens with one attached hydrogen (secondary N) is 1. The van der Waals surface area contributed by atoms with E-state index in [4.69, 9.17) is 5.26 Å². The Labute approximate surface area is 101 Å². The van der Waals surface area contributed by atoms with Crippen molar-refractivity contribution in [3.8, 4) is 6.07 Å². The summed E-state index contributed by atoms with van der Waals surface area (Å²) in [6.07, 6.45) is 1.71. The number of nitriles is 1. The Balaban J connectivity index is 2.83. The van der Waals surface area contributed by atoms with E-state index in [0.29, 0.717) is 5.69 Å². The molecule has 17 heavy (non-hydrogen) atoms. The van der Waals surface area contributed by atoms with Crippen LogP contribution in [0.4, 0.5) is 0 Å². The molecule has 1 amide bonds. The summed E-state index contributed by atoms with van der Waals surface area (Å²) in [5.74, 6) is -0.294. The molecule has 1 aromatic heterocycles. The predicted molar refractivity (Wildman–Crippen MR) is 64.2 cm³/mol. The van der Waals surface area contributed by atoms with Crippen LogP contribution in [0.2, 0.25) is 0 Å². The molecule has 0 bridgehead atoms. The number of hydrogen-bond donors (Lipinski definition) is 1. The Morgan fingerprint density at radius 1 is 1.65 bits per heavy atom. The van der Waals surface area contributed by atoms with Crippen LogP contribution in [0.3, 0.4) is 0 Å². The highest BCUT2D eigenvalue weighted by Crippen LogP contribution is 2.03. The summed E-state index contributed by atoms with van der Waals surface area (Å²) in [5, 5.41) is 15.6. The first kappa shape index (κ1) is 13.0. The average molecular weight is 232 g/mol. The molecule has 1 heterocycles. The molecule has 0 saturated carbocycles. The monoisotopic (exact) mass is 232 g/mol. The number of hydrogen-bond acceptors (Lipinski definition) is 3. The SMILES string of the molecule is CC(C)=CC(C#N)NC(=O)c1cc(C)nn1C. The Hall–Kier alpha value is -2.09. The van der Waals surface area contributed by atoms with E-state index in [9.17, 15) is 4.79 Å². The lowest BCUT2D eigenvalue weighted by atomic mass is 10.2. The van der Waals surface area contributed by atoms with Gasteiger partial charge < -0.3 is 5.32 Å². The first-order chi connectivity index (χ1) is 7.93. The zero-order valence-corrected chi connectivity index (χ0v) is 10.5. The molecule has 0 aliphatic carbocycles. The number of rotatable bonds is 3. The van der Waals surface area contributed by atoms with Crippen molar-refractivity contribution in [1.82, 2.24) is 15.1 Å². The van der Waals surface area contributed by atoms with Crippen LogP contribution in [0.5, 0.6) is 0 Å². The summed E-state index contributed by atoms with van der Waals surface area (Å²) in [7, 11) is 1.70. The van der Waals surface area contributed by atoms with Gasteiger partial charge in [-0.2, -0.15) is 10.4 Å². The van der Waals surface area contributed by atoms with Crippen molar-refractivity contribution in [2.75, 3.05) is 0 Å². The summed E-state index contributed by atoms with van der Waals surface area (Å²) in [4.78, 5) is 11.9. The fraction of sp³-hybridized carbons (Fsp3) is 0.417. The second-order valence-electron chi connectivity index (χ2n) is 4.12. The second-order valence-corrected chi connectivity index (χ2v) is 4.12. The van der Waals surface area contributed by atoms with Crippen molar-refractivity contribution in [3.05, 3.63) is 29.1 Å². The molecule has 5 nitrogen and oxygen atoms in total. The van der Waals surface area contributed by atoms with Gasteiger partial charge in [0.05, 0.1) is 11.8 Å². The molecule has 1 aromatic rings. The Morgan fingerprint density at radius 3 is 2.71 bits per heavy atom. The zero-order chi connectivity index (χ0) is 13.0. The maximum Gasteiger partial charge on any atom is 0.270 e. The minimum atomic E-state index is -0.609. The molecule has 1 N–H and O–H groups in total. The Morgan fingerprint density at radius 2 is 2.29 bits per heavy atom. The van der Waals surface area contributed by atoms with Gasteiger partial charge in [0.25, 0.3) is 5.91 Å².